The Kier molecular flexibility index (Phi) is 5.05. The molecule has 2 heterocycles. The number of aromatic amines is 1. The molecule has 6 heteroatoms. The summed E-state index contributed by atoms with van der Waals surface area (Å²) in [6, 6.07) is 22.4. The number of amides is 1. The van der Waals surface area contributed by atoms with Crippen molar-refractivity contribution < 1.29 is 14.7 Å². The molecule has 33 heavy (non-hydrogen) atoms. The van der Waals surface area contributed by atoms with Crippen LogP contribution in [0.3, 0.4) is 0 Å². The van der Waals surface area contributed by atoms with Crippen molar-refractivity contribution in [2.45, 2.75) is 26.3 Å². The quantitative estimate of drug-likeness (QED) is 0.438. The zero-order valence-electron chi connectivity index (χ0n) is 18.4. The van der Waals surface area contributed by atoms with Gasteiger partial charge in [-0.3, -0.25) is 14.8 Å². The van der Waals surface area contributed by atoms with Crippen LogP contribution in [-0.2, 0) is 6.42 Å². The second-order valence-corrected chi connectivity index (χ2v) is 8.25. The van der Waals surface area contributed by atoms with E-state index in [1.807, 2.05) is 31.2 Å². The molecule has 1 aliphatic heterocycles. The van der Waals surface area contributed by atoms with E-state index in [0.29, 0.717) is 11.4 Å². The number of aryl methyl sites for hydroxylation is 2. The third kappa shape index (κ3) is 3.49. The number of carbonyl (C=O) groups is 2. The number of carbonyl (C=O) groups excluding carboxylic acids is 1. The average molecular weight is 437 g/mol. The van der Waals surface area contributed by atoms with Gasteiger partial charge in [-0.25, -0.2) is 4.79 Å². The van der Waals surface area contributed by atoms with Gasteiger partial charge in [0.2, 0.25) is 0 Å². The molecular weight excluding hydrogens is 414 g/mol. The molecule has 3 aromatic carbocycles. The molecule has 1 unspecified atom stereocenters. The van der Waals surface area contributed by atoms with Gasteiger partial charge in [0.15, 0.2) is 0 Å². The third-order valence-corrected chi connectivity index (χ3v) is 6.19. The van der Waals surface area contributed by atoms with E-state index in [2.05, 4.69) is 41.4 Å². The lowest BCUT2D eigenvalue weighted by atomic mass is 9.94. The molecule has 0 fully saturated rings. The minimum absolute atomic E-state index is 0.176. The monoisotopic (exact) mass is 437 g/mol. The van der Waals surface area contributed by atoms with E-state index in [4.69, 9.17) is 0 Å². The van der Waals surface area contributed by atoms with E-state index in [0.717, 1.165) is 34.4 Å². The number of carboxylic acid groups (broad SMARTS) is 1. The largest absolute Gasteiger partial charge is 0.478 e. The Balaban J connectivity index is 1.67. The number of fused-ring (bicyclic) bond motifs is 1. The second kappa shape index (κ2) is 8.06. The smallest absolute Gasteiger partial charge is 0.335 e. The number of aromatic carboxylic acids is 1. The lowest BCUT2D eigenvalue weighted by molar-refractivity contribution is 0.0696. The SMILES string of the molecule is CCc1ccc(C2c3c(-c4ccc(C)cc4)n[nH]c3C(=O)N2c2ccc(C(=O)O)cc2)cc1. The molecule has 0 saturated carbocycles. The van der Waals surface area contributed by atoms with Crippen molar-refractivity contribution in [1.82, 2.24) is 10.2 Å². The number of carboxylic acids is 1. The van der Waals surface area contributed by atoms with Crippen LogP contribution < -0.4 is 4.90 Å². The van der Waals surface area contributed by atoms with Crippen molar-refractivity contribution in [2.75, 3.05) is 4.90 Å². The summed E-state index contributed by atoms with van der Waals surface area (Å²) < 4.78 is 0. The Bertz CT molecular complexity index is 1340. The lowest BCUT2D eigenvalue weighted by Gasteiger charge is -2.26. The second-order valence-electron chi connectivity index (χ2n) is 8.25. The predicted molar refractivity (Wildman–Crippen MR) is 127 cm³/mol. The Morgan fingerprint density at radius 2 is 1.67 bits per heavy atom. The molecule has 164 valence electrons. The van der Waals surface area contributed by atoms with E-state index >= 15 is 0 Å². The van der Waals surface area contributed by atoms with Gasteiger partial charge in [0.25, 0.3) is 5.91 Å². The maximum Gasteiger partial charge on any atom is 0.335 e. The van der Waals surface area contributed by atoms with Gasteiger partial charge in [0.05, 0.1) is 17.3 Å². The third-order valence-electron chi connectivity index (χ3n) is 6.19. The highest BCUT2D eigenvalue weighted by atomic mass is 16.4. The molecule has 5 rings (SSSR count). The molecule has 0 aliphatic carbocycles. The Morgan fingerprint density at radius 1 is 1.00 bits per heavy atom. The maximum atomic E-state index is 13.6. The van der Waals surface area contributed by atoms with Gasteiger partial charge in [0.1, 0.15) is 5.69 Å². The first-order valence-corrected chi connectivity index (χ1v) is 10.9. The van der Waals surface area contributed by atoms with Gasteiger partial charge in [-0.15, -0.1) is 0 Å². The van der Waals surface area contributed by atoms with E-state index in [1.54, 1.807) is 17.0 Å². The molecule has 1 atom stereocenters. The summed E-state index contributed by atoms with van der Waals surface area (Å²) in [6.45, 7) is 4.14. The van der Waals surface area contributed by atoms with Crippen LogP contribution in [0.15, 0.2) is 72.8 Å². The summed E-state index contributed by atoms with van der Waals surface area (Å²) in [5.41, 5.74) is 7.10. The standard InChI is InChI=1S/C27H23N3O3/c1-3-17-6-10-19(11-7-17)25-22-23(18-8-4-16(2)5-9-18)28-29-24(22)26(31)30(25)21-14-12-20(13-15-21)27(32)33/h4-15,25H,3H2,1-2H3,(H,28,29)(H,32,33). The van der Waals surface area contributed by atoms with Crippen LogP contribution in [0.5, 0.6) is 0 Å². The molecule has 0 bridgehead atoms. The van der Waals surface area contributed by atoms with Crippen molar-refractivity contribution >= 4 is 17.6 Å². The molecule has 0 spiro atoms. The molecule has 1 aromatic heterocycles. The van der Waals surface area contributed by atoms with E-state index in [1.165, 1.54) is 17.7 Å². The van der Waals surface area contributed by atoms with Crippen molar-refractivity contribution in [3.63, 3.8) is 0 Å². The number of benzene rings is 3. The zero-order valence-corrected chi connectivity index (χ0v) is 18.4. The molecule has 1 amide bonds. The van der Waals surface area contributed by atoms with Gasteiger partial charge >= 0.3 is 5.97 Å². The fourth-order valence-corrected chi connectivity index (χ4v) is 4.36. The summed E-state index contributed by atoms with van der Waals surface area (Å²) in [5.74, 6) is -1.19. The molecule has 0 saturated heterocycles. The number of aromatic nitrogens is 2. The summed E-state index contributed by atoms with van der Waals surface area (Å²) >= 11 is 0. The molecule has 1 aliphatic rings. The average Bonchev–Trinajstić information content (AvgIpc) is 3.39. The van der Waals surface area contributed by atoms with Gasteiger partial charge in [-0.05, 0) is 48.7 Å². The van der Waals surface area contributed by atoms with E-state index in [-0.39, 0.29) is 17.5 Å². The van der Waals surface area contributed by atoms with Gasteiger partial charge in [0, 0.05) is 16.8 Å². The summed E-state index contributed by atoms with van der Waals surface area (Å²) in [7, 11) is 0. The van der Waals surface area contributed by atoms with Crippen LogP contribution in [0.25, 0.3) is 11.3 Å². The van der Waals surface area contributed by atoms with E-state index < -0.39 is 5.97 Å². The number of nitrogens with zero attached hydrogens (tertiary/aromatic N) is 2. The van der Waals surface area contributed by atoms with Crippen LogP contribution in [0, 0.1) is 6.92 Å². The van der Waals surface area contributed by atoms with Crippen molar-refractivity contribution in [1.29, 1.82) is 0 Å². The topological polar surface area (TPSA) is 86.3 Å². The molecule has 2 N–H and O–H groups in total. The van der Waals surface area contributed by atoms with Crippen molar-refractivity contribution in [2.24, 2.45) is 0 Å². The molecule has 0 radical (unpaired) electrons. The highest BCUT2D eigenvalue weighted by Crippen LogP contribution is 2.45. The molecule has 4 aromatic rings. The van der Waals surface area contributed by atoms with Crippen LogP contribution in [0.2, 0.25) is 0 Å². The molecule has 6 nitrogen and oxygen atoms in total. The minimum atomic E-state index is -1.00. The van der Waals surface area contributed by atoms with Crippen LogP contribution >= 0.6 is 0 Å². The van der Waals surface area contributed by atoms with Crippen LogP contribution in [-0.4, -0.2) is 27.2 Å². The van der Waals surface area contributed by atoms with Crippen LogP contribution in [0.4, 0.5) is 5.69 Å². The first kappa shape index (κ1) is 20.7. The van der Waals surface area contributed by atoms with Gasteiger partial charge in [-0.1, -0.05) is 61.0 Å². The maximum absolute atomic E-state index is 13.6. The lowest BCUT2D eigenvalue weighted by Crippen LogP contribution is -2.29. The Morgan fingerprint density at radius 3 is 2.27 bits per heavy atom. The number of rotatable bonds is 5. The number of nitrogens with one attached hydrogen (secondary N) is 1. The minimum Gasteiger partial charge on any atom is -0.478 e. The highest BCUT2D eigenvalue weighted by Gasteiger charge is 2.43. The zero-order chi connectivity index (χ0) is 23.1. The fraction of sp³-hybridized carbons (Fsp3) is 0.148. The highest BCUT2D eigenvalue weighted by molar-refractivity contribution is 6.11. The fourth-order valence-electron chi connectivity index (χ4n) is 4.36. The number of anilines is 1. The van der Waals surface area contributed by atoms with Gasteiger partial charge in [-0.2, -0.15) is 5.10 Å². The number of hydrogen-bond acceptors (Lipinski definition) is 3. The Hall–Kier alpha value is -4.19. The Labute approximate surface area is 191 Å². The summed E-state index contributed by atoms with van der Waals surface area (Å²) in [4.78, 5) is 26.6. The van der Waals surface area contributed by atoms with Crippen molar-refractivity contribution in [3.05, 3.63) is 106 Å². The van der Waals surface area contributed by atoms with Crippen LogP contribution in [0.1, 0.15) is 56.1 Å². The van der Waals surface area contributed by atoms with Gasteiger partial charge < -0.3 is 5.11 Å². The first-order valence-electron chi connectivity index (χ1n) is 10.9. The van der Waals surface area contributed by atoms with Crippen molar-refractivity contribution in [3.8, 4) is 11.3 Å². The predicted octanol–water partition coefficient (Wildman–Crippen LogP) is 5.40. The summed E-state index contributed by atoms with van der Waals surface area (Å²) in [5, 5.41) is 16.7. The first-order chi connectivity index (χ1) is 16.0. The normalized spacial score (nSPS) is 15.0. The number of hydrogen-bond donors (Lipinski definition) is 2. The summed E-state index contributed by atoms with van der Waals surface area (Å²) in [6.07, 6.45) is 0.926. The number of H-pyrrole nitrogens is 1. The molecular formula is C27H23N3O3. The van der Waals surface area contributed by atoms with E-state index in [9.17, 15) is 14.7 Å².